The fourth-order valence-electron chi connectivity index (χ4n) is 3.87. The lowest BCUT2D eigenvalue weighted by molar-refractivity contribution is -0.116. The number of nitrogens with zero attached hydrogens (tertiary/aromatic N) is 6. The molecule has 1 aliphatic rings. The molecule has 3 aromatic heterocycles. The number of para-hydroxylation sites is 3. The third-order valence-corrected chi connectivity index (χ3v) is 7.28. The Hall–Kier alpha value is -3.24. The first-order valence-corrected chi connectivity index (χ1v) is 12.1. The van der Waals surface area contributed by atoms with Crippen LogP contribution in [0.5, 0.6) is 0 Å². The van der Waals surface area contributed by atoms with E-state index in [0.29, 0.717) is 30.0 Å². The Balaban J connectivity index is 1.07. The van der Waals surface area contributed by atoms with Gasteiger partial charge in [-0.1, -0.05) is 36.0 Å². The highest BCUT2D eigenvalue weighted by Crippen LogP contribution is 2.28. The molecule has 8 nitrogen and oxygen atoms in total. The minimum atomic E-state index is -0.0155. The van der Waals surface area contributed by atoms with E-state index < -0.39 is 0 Å². The first kappa shape index (κ1) is 19.4. The molecule has 0 aliphatic carbocycles. The van der Waals surface area contributed by atoms with E-state index >= 15 is 0 Å². The predicted molar refractivity (Wildman–Crippen MR) is 124 cm³/mol. The third kappa shape index (κ3) is 3.55. The summed E-state index contributed by atoms with van der Waals surface area (Å²) in [5, 5.41) is 9.66. The number of carbonyl (C=O) groups is 1. The number of hydrogen-bond donors (Lipinski definition) is 0. The zero-order valence-electron chi connectivity index (χ0n) is 17.0. The van der Waals surface area contributed by atoms with Gasteiger partial charge in [-0.25, -0.2) is 9.97 Å². The van der Waals surface area contributed by atoms with E-state index in [2.05, 4.69) is 30.8 Å². The van der Waals surface area contributed by atoms with Crippen molar-refractivity contribution in [2.75, 3.05) is 17.2 Å². The van der Waals surface area contributed by atoms with Gasteiger partial charge in [0.2, 0.25) is 17.7 Å². The number of amides is 1. The van der Waals surface area contributed by atoms with Crippen molar-refractivity contribution < 1.29 is 9.21 Å². The van der Waals surface area contributed by atoms with Gasteiger partial charge in [0.05, 0.1) is 32.0 Å². The number of thioether (sulfide) groups is 1. The van der Waals surface area contributed by atoms with E-state index in [4.69, 9.17) is 4.42 Å². The first-order chi connectivity index (χ1) is 15.7. The van der Waals surface area contributed by atoms with Gasteiger partial charge in [0.25, 0.3) is 5.22 Å². The van der Waals surface area contributed by atoms with Crippen LogP contribution in [0.25, 0.3) is 21.3 Å². The average molecular weight is 463 g/mol. The van der Waals surface area contributed by atoms with Gasteiger partial charge >= 0.3 is 0 Å². The molecule has 0 spiro atoms. The molecule has 0 saturated heterocycles. The van der Waals surface area contributed by atoms with Crippen molar-refractivity contribution >= 4 is 56.2 Å². The van der Waals surface area contributed by atoms with Crippen molar-refractivity contribution in [1.29, 1.82) is 0 Å². The maximum atomic E-state index is 12.8. The van der Waals surface area contributed by atoms with Crippen molar-refractivity contribution in [3.8, 4) is 0 Å². The van der Waals surface area contributed by atoms with Crippen LogP contribution in [0.3, 0.4) is 0 Å². The number of thiazole rings is 1. The van der Waals surface area contributed by atoms with Crippen LogP contribution in [0.2, 0.25) is 0 Å². The number of carbonyl (C=O) groups excluding carboxylic acids is 1. The number of imidazole rings is 1. The highest BCUT2D eigenvalue weighted by molar-refractivity contribution is 7.99. The zero-order valence-corrected chi connectivity index (χ0v) is 18.6. The standard InChI is InChI=1S/C22H18N6O2S2/c29-20(28-12-11-27-16-7-3-1-5-14(16)24-21(27)28)13-31-22-26-25-18(30-22)9-10-19-23-15-6-2-4-8-17(15)32-19/h1-8H,9-13H2. The van der Waals surface area contributed by atoms with Crippen molar-refractivity contribution in [2.45, 2.75) is 24.6 Å². The summed E-state index contributed by atoms with van der Waals surface area (Å²) >= 11 is 2.94. The van der Waals surface area contributed by atoms with E-state index in [1.807, 2.05) is 42.5 Å². The van der Waals surface area contributed by atoms with Crippen molar-refractivity contribution in [1.82, 2.24) is 24.7 Å². The van der Waals surface area contributed by atoms with Crippen LogP contribution in [-0.2, 0) is 24.2 Å². The number of anilines is 1. The average Bonchev–Trinajstić information content (AvgIpc) is 3.58. The summed E-state index contributed by atoms with van der Waals surface area (Å²) in [4.78, 5) is 23.8. The van der Waals surface area contributed by atoms with Gasteiger partial charge in [-0.2, -0.15) is 0 Å². The van der Waals surface area contributed by atoms with Gasteiger partial charge in [0.15, 0.2) is 0 Å². The van der Waals surface area contributed by atoms with Crippen LogP contribution >= 0.6 is 23.1 Å². The first-order valence-electron chi connectivity index (χ1n) is 10.3. The molecule has 0 fully saturated rings. The van der Waals surface area contributed by atoms with Gasteiger partial charge in [0.1, 0.15) is 0 Å². The summed E-state index contributed by atoms with van der Waals surface area (Å²) in [7, 11) is 0. The Kier molecular flexibility index (Phi) is 4.88. The highest BCUT2D eigenvalue weighted by atomic mass is 32.2. The lowest BCUT2D eigenvalue weighted by Gasteiger charge is -2.12. The van der Waals surface area contributed by atoms with Crippen molar-refractivity contribution in [3.63, 3.8) is 0 Å². The molecule has 10 heteroatoms. The van der Waals surface area contributed by atoms with Crippen molar-refractivity contribution in [2.24, 2.45) is 0 Å². The van der Waals surface area contributed by atoms with E-state index in [-0.39, 0.29) is 11.7 Å². The monoisotopic (exact) mass is 462 g/mol. The quantitative estimate of drug-likeness (QED) is 0.353. The second-order valence-electron chi connectivity index (χ2n) is 7.42. The molecule has 6 rings (SSSR count). The number of rotatable bonds is 6. The smallest absolute Gasteiger partial charge is 0.277 e. The summed E-state index contributed by atoms with van der Waals surface area (Å²) < 4.78 is 9.00. The molecule has 0 radical (unpaired) electrons. The SMILES string of the molecule is O=C(CSc1nnc(CCc2nc3ccccc3s2)o1)N1CCn2c1nc1ccccc12. The van der Waals surface area contributed by atoms with Gasteiger partial charge in [0, 0.05) is 25.9 Å². The maximum Gasteiger partial charge on any atom is 0.277 e. The van der Waals surface area contributed by atoms with Gasteiger partial charge in [-0.15, -0.1) is 21.5 Å². The largest absolute Gasteiger partial charge is 0.416 e. The molecular formula is C22H18N6O2S2. The molecule has 4 heterocycles. The molecular weight excluding hydrogens is 444 g/mol. The van der Waals surface area contributed by atoms with E-state index in [1.54, 1.807) is 16.2 Å². The maximum absolute atomic E-state index is 12.8. The van der Waals surface area contributed by atoms with E-state index in [0.717, 1.165) is 34.5 Å². The molecule has 0 saturated carbocycles. The number of fused-ring (bicyclic) bond motifs is 4. The Morgan fingerprint density at radius 3 is 2.75 bits per heavy atom. The number of hydrogen-bond acceptors (Lipinski definition) is 8. The number of aromatic nitrogens is 5. The molecule has 160 valence electrons. The third-order valence-electron chi connectivity index (χ3n) is 5.38. The van der Waals surface area contributed by atoms with Crippen molar-refractivity contribution in [3.05, 3.63) is 59.4 Å². The topological polar surface area (TPSA) is 89.9 Å². The van der Waals surface area contributed by atoms with Crippen LogP contribution in [0.1, 0.15) is 10.9 Å². The summed E-state index contributed by atoms with van der Waals surface area (Å²) in [6.45, 7) is 1.38. The van der Waals surface area contributed by atoms with Crippen LogP contribution in [0.15, 0.2) is 58.2 Å². The van der Waals surface area contributed by atoms with E-state index in [1.165, 1.54) is 16.5 Å². The molecule has 5 aromatic rings. The lowest BCUT2D eigenvalue weighted by Crippen LogP contribution is -2.31. The molecule has 0 bridgehead atoms. The molecule has 0 unspecified atom stereocenters. The van der Waals surface area contributed by atoms with Gasteiger partial charge in [-0.3, -0.25) is 9.69 Å². The molecule has 2 aromatic carbocycles. The summed E-state index contributed by atoms with van der Waals surface area (Å²) in [6, 6.07) is 16.0. The summed E-state index contributed by atoms with van der Waals surface area (Å²) in [6.07, 6.45) is 1.37. The molecule has 1 amide bonds. The van der Waals surface area contributed by atoms with Gasteiger partial charge < -0.3 is 8.98 Å². The fraction of sp³-hybridized carbons (Fsp3) is 0.227. The second kappa shape index (κ2) is 8.03. The number of aryl methyl sites for hydroxylation is 2. The normalized spacial score (nSPS) is 13.3. The molecule has 0 N–H and O–H groups in total. The lowest BCUT2D eigenvalue weighted by atomic mass is 10.3. The molecule has 1 aliphatic heterocycles. The number of benzene rings is 2. The second-order valence-corrected chi connectivity index (χ2v) is 9.47. The predicted octanol–water partition coefficient (Wildman–Crippen LogP) is 3.95. The Morgan fingerprint density at radius 2 is 1.84 bits per heavy atom. The summed E-state index contributed by atoms with van der Waals surface area (Å²) in [5.41, 5.74) is 2.98. The van der Waals surface area contributed by atoms with Crippen LogP contribution < -0.4 is 4.90 Å². The minimum Gasteiger partial charge on any atom is -0.416 e. The Bertz CT molecular complexity index is 1410. The van der Waals surface area contributed by atoms with Crippen LogP contribution in [0.4, 0.5) is 5.95 Å². The molecule has 32 heavy (non-hydrogen) atoms. The molecule has 0 atom stereocenters. The van der Waals surface area contributed by atoms with Crippen LogP contribution in [-0.4, -0.2) is 42.9 Å². The zero-order chi connectivity index (χ0) is 21.5. The fourth-order valence-corrected chi connectivity index (χ4v) is 5.49. The highest BCUT2D eigenvalue weighted by Gasteiger charge is 2.28. The van der Waals surface area contributed by atoms with E-state index in [9.17, 15) is 4.79 Å². The summed E-state index contributed by atoms with van der Waals surface area (Å²) in [5.74, 6) is 1.47. The Labute approximate surface area is 191 Å². The Morgan fingerprint density at radius 1 is 1.00 bits per heavy atom. The van der Waals surface area contributed by atoms with Crippen LogP contribution in [0, 0.1) is 0 Å². The minimum absolute atomic E-state index is 0.0155. The van der Waals surface area contributed by atoms with Gasteiger partial charge in [-0.05, 0) is 24.3 Å².